The molecule has 4 N–H and O–H groups in total. The lowest BCUT2D eigenvalue weighted by Gasteiger charge is -2.16. The van der Waals surface area contributed by atoms with Gasteiger partial charge in [0, 0.05) is 40.9 Å². The van der Waals surface area contributed by atoms with Crippen molar-refractivity contribution in [2.45, 2.75) is 32.6 Å². The summed E-state index contributed by atoms with van der Waals surface area (Å²) in [5, 5.41) is 10.0. The molecule has 210 valence electrons. The summed E-state index contributed by atoms with van der Waals surface area (Å²) in [6.45, 7) is 6.50. The van der Waals surface area contributed by atoms with Crippen molar-refractivity contribution >= 4 is 34.1 Å². The summed E-state index contributed by atoms with van der Waals surface area (Å²) in [4.78, 5) is 28.6. The molecule has 0 saturated heterocycles. The summed E-state index contributed by atoms with van der Waals surface area (Å²) >= 11 is 0. The van der Waals surface area contributed by atoms with Gasteiger partial charge in [0.15, 0.2) is 11.5 Å². The molecule has 4 aromatic rings. The molecule has 0 aliphatic carbocycles. The average Bonchev–Trinajstić information content (AvgIpc) is 3.37. The van der Waals surface area contributed by atoms with E-state index in [1.54, 1.807) is 33.4 Å². The first-order valence-electron chi connectivity index (χ1n) is 13.0. The number of ether oxygens (including phenoxy) is 3. The third-order valence-electron chi connectivity index (χ3n) is 6.57. The lowest BCUT2D eigenvalue weighted by molar-refractivity contribution is 0.0959. The van der Waals surface area contributed by atoms with E-state index >= 15 is 0 Å². The van der Waals surface area contributed by atoms with Crippen molar-refractivity contribution in [2.24, 2.45) is 0 Å². The molecule has 9 heteroatoms. The molecule has 40 heavy (non-hydrogen) atoms. The molecule has 3 aromatic carbocycles. The first-order valence-corrected chi connectivity index (χ1v) is 13.0. The van der Waals surface area contributed by atoms with Crippen LogP contribution in [0.3, 0.4) is 0 Å². The Morgan fingerprint density at radius 1 is 0.850 bits per heavy atom. The van der Waals surface area contributed by atoms with Gasteiger partial charge in [-0.15, -0.1) is 0 Å². The smallest absolute Gasteiger partial charge is 0.323 e. The lowest BCUT2D eigenvalue weighted by Crippen LogP contribution is -2.24. The van der Waals surface area contributed by atoms with Crippen molar-refractivity contribution in [1.82, 2.24) is 10.3 Å². The number of aromatic nitrogens is 1. The Bertz CT molecular complexity index is 1520. The molecule has 1 aromatic heterocycles. The van der Waals surface area contributed by atoms with Gasteiger partial charge < -0.3 is 35.1 Å². The Morgan fingerprint density at radius 2 is 1.57 bits per heavy atom. The summed E-state index contributed by atoms with van der Waals surface area (Å²) in [5.74, 6) is 1.76. The van der Waals surface area contributed by atoms with Crippen molar-refractivity contribution in [3.63, 3.8) is 0 Å². The predicted octanol–water partition coefficient (Wildman–Crippen LogP) is 6.11. The summed E-state index contributed by atoms with van der Waals surface area (Å²) in [6.07, 6.45) is 0.623. The molecule has 0 aliphatic heterocycles. The van der Waals surface area contributed by atoms with Gasteiger partial charge in [0.25, 0.3) is 5.91 Å². The molecule has 0 fully saturated rings. The zero-order valence-corrected chi connectivity index (χ0v) is 23.7. The molecular formula is C31H36N4O5. The van der Waals surface area contributed by atoms with Crippen LogP contribution in [-0.2, 0) is 11.8 Å². The van der Waals surface area contributed by atoms with Gasteiger partial charge in [-0.05, 0) is 24.3 Å². The zero-order valence-electron chi connectivity index (χ0n) is 23.7. The fourth-order valence-electron chi connectivity index (χ4n) is 4.46. The van der Waals surface area contributed by atoms with Crippen LogP contribution < -0.4 is 30.2 Å². The minimum Gasteiger partial charge on any atom is -0.493 e. The standard InChI is InChI=1S/C31H36N4O5/c1-31(2,3)26-18-23(27(35-26)29(36)32-4)34-30(37)33-22-14-15-24(21-12-8-7-11-20(21)22)40-17-16-19-10-9-13-25(38-5)28(19)39-6/h7-15,18,35H,16-17H2,1-6H3,(H,32,36)(H2,33,34,37). The number of carbonyl (C=O) groups excluding carboxylic acids is 2. The van der Waals surface area contributed by atoms with Crippen LogP contribution in [0.5, 0.6) is 17.2 Å². The number of benzene rings is 3. The molecule has 0 atom stereocenters. The maximum absolute atomic E-state index is 13.1. The van der Waals surface area contributed by atoms with Crippen molar-refractivity contribution in [3.8, 4) is 17.2 Å². The zero-order chi connectivity index (χ0) is 28.9. The van der Waals surface area contributed by atoms with Crippen molar-refractivity contribution in [2.75, 3.05) is 38.5 Å². The number of nitrogens with one attached hydrogen (secondary N) is 4. The summed E-state index contributed by atoms with van der Waals surface area (Å²) < 4.78 is 17.1. The number of rotatable bonds is 9. The topological polar surface area (TPSA) is 114 Å². The highest BCUT2D eigenvalue weighted by Crippen LogP contribution is 2.34. The van der Waals surface area contributed by atoms with E-state index in [1.807, 2.05) is 69.3 Å². The summed E-state index contributed by atoms with van der Waals surface area (Å²) in [5.41, 5.74) is 2.89. The monoisotopic (exact) mass is 544 g/mol. The number of hydrogen-bond acceptors (Lipinski definition) is 5. The number of urea groups is 1. The molecule has 0 spiro atoms. The number of carbonyl (C=O) groups is 2. The summed E-state index contributed by atoms with van der Waals surface area (Å²) in [7, 11) is 4.78. The Kier molecular flexibility index (Phi) is 8.52. The Morgan fingerprint density at radius 3 is 2.25 bits per heavy atom. The van der Waals surface area contributed by atoms with E-state index < -0.39 is 6.03 Å². The second kappa shape index (κ2) is 12.0. The SMILES string of the molecule is CNC(=O)c1[nH]c(C(C)(C)C)cc1NC(=O)Nc1ccc(OCCc2cccc(OC)c2OC)c2ccccc12. The number of hydrogen-bond donors (Lipinski definition) is 4. The van der Waals surface area contributed by atoms with Crippen LogP contribution in [0.4, 0.5) is 16.2 Å². The second-order valence-electron chi connectivity index (χ2n) is 10.3. The highest BCUT2D eigenvalue weighted by Gasteiger charge is 2.23. The highest BCUT2D eigenvalue weighted by molar-refractivity contribution is 6.09. The van der Waals surface area contributed by atoms with Crippen LogP contribution in [0.15, 0.2) is 60.7 Å². The number of para-hydroxylation sites is 1. The largest absolute Gasteiger partial charge is 0.493 e. The summed E-state index contributed by atoms with van der Waals surface area (Å²) in [6, 6.07) is 18.4. The minimum atomic E-state index is -0.464. The van der Waals surface area contributed by atoms with Gasteiger partial charge in [-0.2, -0.15) is 0 Å². The molecular weight excluding hydrogens is 508 g/mol. The normalized spacial score (nSPS) is 11.2. The number of amides is 3. The van der Waals surface area contributed by atoms with Crippen LogP contribution >= 0.6 is 0 Å². The Labute approximate surface area is 234 Å². The maximum atomic E-state index is 13.1. The molecule has 3 amide bonds. The van der Waals surface area contributed by atoms with Crippen LogP contribution in [-0.4, -0.2) is 44.8 Å². The quantitative estimate of drug-likeness (QED) is 0.203. The molecule has 0 radical (unpaired) electrons. The third-order valence-corrected chi connectivity index (χ3v) is 6.57. The van der Waals surface area contributed by atoms with Crippen molar-refractivity contribution < 1.29 is 23.8 Å². The second-order valence-corrected chi connectivity index (χ2v) is 10.3. The Balaban J connectivity index is 1.51. The van der Waals surface area contributed by atoms with Gasteiger partial charge in [0.2, 0.25) is 0 Å². The number of fused-ring (bicyclic) bond motifs is 1. The van der Waals surface area contributed by atoms with Gasteiger partial charge in [-0.25, -0.2) is 4.79 Å². The highest BCUT2D eigenvalue weighted by atomic mass is 16.5. The number of H-pyrrole nitrogens is 1. The van der Waals surface area contributed by atoms with Crippen molar-refractivity contribution in [3.05, 3.63) is 77.6 Å². The van der Waals surface area contributed by atoms with E-state index in [2.05, 4.69) is 20.9 Å². The van der Waals surface area contributed by atoms with Crippen LogP contribution in [0.2, 0.25) is 0 Å². The van der Waals surface area contributed by atoms with Crippen LogP contribution in [0, 0.1) is 0 Å². The number of anilines is 2. The van der Waals surface area contributed by atoms with E-state index in [-0.39, 0.29) is 11.3 Å². The average molecular weight is 545 g/mol. The lowest BCUT2D eigenvalue weighted by atomic mass is 9.92. The van der Waals surface area contributed by atoms with Crippen molar-refractivity contribution in [1.29, 1.82) is 0 Å². The molecule has 0 bridgehead atoms. The number of methoxy groups -OCH3 is 2. The van der Waals surface area contributed by atoms with E-state index in [4.69, 9.17) is 14.2 Å². The van der Waals surface area contributed by atoms with E-state index in [1.165, 1.54) is 0 Å². The van der Waals surface area contributed by atoms with Gasteiger partial charge in [-0.1, -0.05) is 57.2 Å². The fraction of sp³-hybridized carbons (Fsp3) is 0.290. The first-order chi connectivity index (χ1) is 19.2. The minimum absolute atomic E-state index is 0.233. The predicted molar refractivity (Wildman–Crippen MR) is 158 cm³/mol. The third kappa shape index (κ3) is 6.14. The van der Waals surface area contributed by atoms with Gasteiger partial charge in [0.05, 0.1) is 32.2 Å². The fourth-order valence-corrected chi connectivity index (χ4v) is 4.46. The molecule has 4 rings (SSSR count). The van der Waals surface area contributed by atoms with E-state index in [0.29, 0.717) is 47.3 Å². The molecule has 0 unspecified atom stereocenters. The van der Waals surface area contributed by atoms with Crippen LogP contribution in [0.1, 0.15) is 42.5 Å². The first kappa shape index (κ1) is 28.4. The number of aromatic amines is 1. The molecule has 9 nitrogen and oxygen atoms in total. The molecule has 0 aliphatic rings. The maximum Gasteiger partial charge on any atom is 0.323 e. The van der Waals surface area contributed by atoms with E-state index in [9.17, 15) is 9.59 Å². The van der Waals surface area contributed by atoms with E-state index in [0.717, 1.165) is 22.0 Å². The van der Waals surface area contributed by atoms with Gasteiger partial charge in [-0.3, -0.25) is 4.79 Å². The molecule has 1 heterocycles. The Hall–Kier alpha value is -4.66. The van der Waals surface area contributed by atoms with Gasteiger partial charge in [0.1, 0.15) is 11.4 Å². The van der Waals surface area contributed by atoms with Gasteiger partial charge >= 0.3 is 6.03 Å². The molecule has 0 saturated carbocycles. The van der Waals surface area contributed by atoms with Crippen LogP contribution in [0.25, 0.3) is 10.8 Å².